The summed E-state index contributed by atoms with van der Waals surface area (Å²) in [6.45, 7) is 6.07. The van der Waals surface area contributed by atoms with Gasteiger partial charge in [-0.15, -0.1) is 10.2 Å². The number of aromatic nitrogens is 2. The number of carbonyl (C=O) groups is 2. The standard InChI is InChI=1S/C31H26FN3O5S2/c1-3-16-40-23-15-12-21(17-24(23)39-4-2)26-25(27(36)20-10-13-22(32)14-11-20)28(37)29(38)35(26)30-33-34-31(42-30)41-18-19-8-6-5-7-9-19/h3,5-15,17,26,36H,1,4,16,18H2,2H3. The molecule has 1 aromatic heterocycles. The number of aliphatic hydroxyl groups excluding tert-OH is 1. The summed E-state index contributed by atoms with van der Waals surface area (Å²) >= 11 is 2.62. The first-order chi connectivity index (χ1) is 20.4. The largest absolute Gasteiger partial charge is 0.507 e. The fraction of sp³-hybridized carbons (Fsp3) is 0.161. The minimum absolute atomic E-state index is 0.164. The highest BCUT2D eigenvalue weighted by Crippen LogP contribution is 2.45. The van der Waals surface area contributed by atoms with E-state index in [0.29, 0.717) is 33.8 Å². The first-order valence-corrected chi connectivity index (χ1v) is 14.8. The number of anilines is 1. The molecule has 1 saturated heterocycles. The summed E-state index contributed by atoms with van der Waals surface area (Å²) in [6.07, 6.45) is 1.60. The van der Waals surface area contributed by atoms with Crippen molar-refractivity contribution in [2.24, 2.45) is 0 Å². The predicted molar refractivity (Wildman–Crippen MR) is 160 cm³/mol. The molecule has 8 nitrogen and oxygen atoms in total. The molecule has 1 unspecified atom stereocenters. The maximum absolute atomic E-state index is 13.6. The van der Waals surface area contributed by atoms with E-state index in [1.54, 1.807) is 24.3 Å². The number of hydrogen-bond acceptors (Lipinski definition) is 9. The molecular formula is C31H26FN3O5S2. The number of ether oxygens (including phenoxy) is 2. The summed E-state index contributed by atoms with van der Waals surface area (Å²) in [5.74, 6) is -1.23. The summed E-state index contributed by atoms with van der Waals surface area (Å²) in [7, 11) is 0. The number of aliphatic hydroxyl groups is 1. The van der Waals surface area contributed by atoms with E-state index in [9.17, 15) is 19.1 Å². The van der Waals surface area contributed by atoms with E-state index in [0.717, 1.165) is 5.56 Å². The SMILES string of the molecule is C=CCOc1ccc(C2C(=C(O)c3ccc(F)cc3)C(=O)C(=O)N2c2nnc(SCc3ccccc3)s2)cc1OCC. The van der Waals surface area contributed by atoms with Gasteiger partial charge >= 0.3 is 5.91 Å². The van der Waals surface area contributed by atoms with Crippen LogP contribution in [0, 0.1) is 5.82 Å². The van der Waals surface area contributed by atoms with Crippen LogP contribution >= 0.6 is 23.1 Å². The Bertz CT molecular complexity index is 1640. The van der Waals surface area contributed by atoms with Gasteiger partial charge in [0.05, 0.1) is 18.2 Å². The topological polar surface area (TPSA) is 102 Å². The molecule has 4 aromatic rings. The molecule has 214 valence electrons. The van der Waals surface area contributed by atoms with Gasteiger partial charge in [0.2, 0.25) is 5.13 Å². The predicted octanol–water partition coefficient (Wildman–Crippen LogP) is 6.56. The van der Waals surface area contributed by atoms with E-state index in [-0.39, 0.29) is 22.9 Å². The maximum Gasteiger partial charge on any atom is 0.301 e. The van der Waals surface area contributed by atoms with Crippen molar-refractivity contribution in [1.82, 2.24) is 10.2 Å². The molecule has 1 aliphatic rings. The van der Waals surface area contributed by atoms with Gasteiger partial charge in [0.15, 0.2) is 15.8 Å². The average molecular weight is 604 g/mol. The van der Waals surface area contributed by atoms with E-state index in [4.69, 9.17) is 9.47 Å². The monoisotopic (exact) mass is 603 g/mol. The molecule has 0 bridgehead atoms. The van der Waals surface area contributed by atoms with Gasteiger partial charge < -0.3 is 14.6 Å². The van der Waals surface area contributed by atoms with Gasteiger partial charge in [-0.3, -0.25) is 14.5 Å². The number of benzene rings is 3. The molecule has 11 heteroatoms. The van der Waals surface area contributed by atoms with Crippen LogP contribution in [0.5, 0.6) is 11.5 Å². The van der Waals surface area contributed by atoms with E-state index in [1.165, 1.54) is 52.3 Å². The Kier molecular flexibility index (Phi) is 8.99. The molecule has 1 atom stereocenters. The number of amides is 1. The number of rotatable bonds is 11. The second kappa shape index (κ2) is 13.0. The average Bonchev–Trinajstić information content (AvgIpc) is 3.58. The van der Waals surface area contributed by atoms with Crippen molar-refractivity contribution >= 4 is 45.7 Å². The van der Waals surface area contributed by atoms with Crippen molar-refractivity contribution in [3.05, 3.63) is 114 Å². The quantitative estimate of drug-likeness (QED) is 0.0514. The molecule has 0 saturated carbocycles. The lowest BCUT2D eigenvalue weighted by molar-refractivity contribution is -0.132. The van der Waals surface area contributed by atoms with Crippen LogP contribution in [0.3, 0.4) is 0 Å². The number of hydrogen-bond donors (Lipinski definition) is 1. The van der Waals surface area contributed by atoms with E-state index in [2.05, 4.69) is 16.8 Å². The second-order valence-corrected chi connectivity index (χ2v) is 11.2. The summed E-state index contributed by atoms with van der Waals surface area (Å²) in [6, 6.07) is 18.8. The van der Waals surface area contributed by atoms with Crippen LogP contribution in [0.1, 0.15) is 29.7 Å². The maximum atomic E-state index is 13.6. The molecule has 0 radical (unpaired) electrons. The lowest BCUT2D eigenvalue weighted by Crippen LogP contribution is -2.29. The van der Waals surface area contributed by atoms with E-state index in [1.807, 2.05) is 37.3 Å². The zero-order chi connectivity index (χ0) is 29.6. The zero-order valence-electron chi connectivity index (χ0n) is 22.5. The number of halogens is 1. The summed E-state index contributed by atoms with van der Waals surface area (Å²) in [5, 5.41) is 20.0. The number of ketones is 1. The van der Waals surface area contributed by atoms with E-state index >= 15 is 0 Å². The van der Waals surface area contributed by atoms with Gasteiger partial charge in [0.25, 0.3) is 5.78 Å². The molecule has 1 aliphatic heterocycles. The zero-order valence-corrected chi connectivity index (χ0v) is 24.2. The molecule has 2 heterocycles. The smallest absolute Gasteiger partial charge is 0.301 e. The Hall–Kier alpha value is -4.48. The highest BCUT2D eigenvalue weighted by molar-refractivity contribution is 8.00. The number of carbonyl (C=O) groups excluding carboxylic acids is 2. The first-order valence-electron chi connectivity index (χ1n) is 13.0. The first kappa shape index (κ1) is 29.0. The number of Topliss-reactive ketones (excluding diaryl/α,β-unsaturated/α-hetero) is 1. The van der Waals surface area contributed by atoms with Crippen LogP contribution in [0.25, 0.3) is 5.76 Å². The Morgan fingerprint density at radius 1 is 1.07 bits per heavy atom. The van der Waals surface area contributed by atoms with Gasteiger partial charge in [-0.1, -0.05) is 72.2 Å². The minimum Gasteiger partial charge on any atom is -0.507 e. The highest BCUT2D eigenvalue weighted by atomic mass is 32.2. The van der Waals surface area contributed by atoms with E-state index < -0.39 is 29.3 Å². The molecule has 1 fully saturated rings. The van der Waals surface area contributed by atoms with Crippen molar-refractivity contribution in [3.8, 4) is 11.5 Å². The molecule has 3 aromatic carbocycles. The minimum atomic E-state index is -1.07. The Morgan fingerprint density at radius 3 is 2.55 bits per heavy atom. The molecule has 0 spiro atoms. The molecule has 1 amide bonds. The summed E-state index contributed by atoms with van der Waals surface area (Å²) < 4.78 is 25.8. The fourth-order valence-corrected chi connectivity index (χ4v) is 6.24. The van der Waals surface area contributed by atoms with Crippen molar-refractivity contribution in [2.45, 2.75) is 23.1 Å². The van der Waals surface area contributed by atoms with Crippen molar-refractivity contribution < 1.29 is 28.6 Å². The summed E-state index contributed by atoms with van der Waals surface area (Å²) in [5.41, 5.74) is 1.59. The molecular weight excluding hydrogens is 577 g/mol. The van der Waals surface area contributed by atoms with Crippen molar-refractivity contribution in [2.75, 3.05) is 18.1 Å². The van der Waals surface area contributed by atoms with Crippen molar-refractivity contribution in [3.63, 3.8) is 0 Å². The van der Waals surface area contributed by atoms with Gasteiger partial charge in [-0.05, 0) is 54.4 Å². The second-order valence-electron chi connectivity index (χ2n) is 9.04. The Balaban J connectivity index is 1.59. The third kappa shape index (κ3) is 6.07. The van der Waals surface area contributed by atoms with Crippen LogP contribution in [0.4, 0.5) is 9.52 Å². The van der Waals surface area contributed by atoms with Gasteiger partial charge in [-0.2, -0.15) is 0 Å². The number of thioether (sulfide) groups is 1. The summed E-state index contributed by atoms with van der Waals surface area (Å²) in [4.78, 5) is 28.3. The Morgan fingerprint density at radius 2 is 1.83 bits per heavy atom. The normalized spacial score (nSPS) is 16.0. The van der Waals surface area contributed by atoms with Gasteiger partial charge in [0.1, 0.15) is 18.2 Å². The molecule has 5 rings (SSSR count). The Labute approximate surface area is 250 Å². The van der Waals surface area contributed by atoms with Crippen molar-refractivity contribution in [1.29, 1.82) is 0 Å². The number of nitrogens with zero attached hydrogens (tertiary/aromatic N) is 3. The van der Waals surface area contributed by atoms with Crippen LogP contribution in [-0.2, 0) is 15.3 Å². The molecule has 1 N–H and O–H groups in total. The fourth-order valence-electron chi connectivity index (χ4n) is 4.42. The van der Waals surface area contributed by atoms with Crippen LogP contribution in [0.15, 0.2) is 95.4 Å². The molecule has 0 aliphatic carbocycles. The van der Waals surface area contributed by atoms with Gasteiger partial charge in [0, 0.05) is 11.3 Å². The van der Waals surface area contributed by atoms with Crippen LogP contribution < -0.4 is 14.4 Å². The lowest BCUT2D eigenvalue weighted by Gasteiger charge is -2.23. The lowest BCUT2D eigenvalue weighted by atomic mass is 9.95. The van der Waals surface area contributed by atoms with Crippen LogP contribution in [-0.4, -0.2) is 40.2 Å². The highest BCUT2D eigenvalue weighted by Gasteiger charge is 2.48. The van der Waals surface area contributed by atoms with Gasteiger partial charge in [-0.25, -0.2) is 4.39 Å². The third-order valence-electron chi connectivity index (χ3n) is 6.31. The molecule has 42 heavy (non-hydrogen) atoms. The van der Waals surface area contributed by atoms with Crippen LogP contribution in [0.2, 0.25) is 0 Å². The third-order valence-corrected chi connectivity index (χ3v) is 8.44.